The molecule has 1 aromatic heterocycles. The Labute approximate surface area is 126 Å². The maximum absolute atomic E-state index is 11.2. The molecule has 5 nitrogen and oxygen atoms in total. The van der Waals surface area contributed by atoms with Crippen molar-refractivity contribution in [2.75, 3.05) is 12.8 Å². The zero-order chi connectivity index (χ0) is 15.6. The standard InChI is InChI=1S/C13H25N3O2S2/c1-12(2,3)11-15-8-10(19-11)7-14-9-13(4,5)16-20(6,17)18/h8,14,16H,7,9H2,1-6H3. The minimum atomic E-state index is -3.19. The van der Waals surface area contributed by atoms with Crippen molar-refractivity contribution in [3.63, 3.8) is 0 Å². The molecule has 0 saturated carbocycles. The summed E-state index contributed by atoms with van der Waals surface area (Å²) in [5.74, 6) is 0. The largest absolute Gasteiger partial charge is 0.310 e. The van der Waals surface area contributed by atoms with Crippen LogP contribution in [0.3, 0.4) is 0 Å². The molecule has 0 saturated heterocycles. The molecule has 0 bridgehead atoms. The Morgan fingerprint density at radius 2 is 1.85 bits per heavy atom. The molecule has 1 rings (SSSR count). The van der Waals surface area contributed by atoms with Crippen molar-refractivity contribution >= 4 is 21.4 Å². The predicted octanol–water partition coefficient (Wildman–Crippen LogP) is 1.86. The summed E-state index contributed by atoms with van der Waals surface area (Å²) in [4.78, 5) is 5.59. The fourth-order valence-corrected chi connectivity index (χ4v) is 3.79. The molecule has 0 amide bonds. The van der Waals surface area contributed by atoms with E-state index in [1.54, 1.807) is 11.3 Å². The lowest BCUT2D eigenvalue weighted by atomic mass is 9.98. The molecular formula is C13H25N3O2S2. The Morgan fingerprint density at radius 3 is 2.30 bits per heavy atom. The van der Waals surface area contributed by atoms with Crippen molar-refractivity contribution in [2.24, 2.45) is 0 Å². The Hall–Kier alpha value is -0.500. The number of sulfonamides is 1. The first-order chi connectivity index (χ1) is 8.89. The highest BCUT2D eigenvalue weighted by Gasteiger charge is 2.22. The zero-order valence-corrected chi connectivity index (χ0v) is 14.7. The molecule has 0 atom stereocenters. The molecule has 7 heteroatoms. The third-order valence-electron chi connectivity index (χ3n) is 2.52. The SMILES string of the molecule is CC(C)(CNCc1cnc(C(C)(C)C)s1)NS(C)(=O)=O. The summed E-state index contributed by atoms with van der Waals surface area (Å²) in [5.41, 5.74) is -0.439. The summed E-state index contributed by atoms with van der Waals surface area (Å²) >= 11 is 1.69. The van der Waals surface area contributed by atoms with Gasteiger partial charge in [-0.15, -0.1) is 11.3 Å². The third kappa shape index (κ3) is 6.30. The van der Waals surface area contributed by atoms with Crippen molar-refractivity contribution in [3.8, 4) is 0 Å². The van der Waals surface area contributed by atoms with Gasteiger partial charge >= 0.3 is 0 Å². The van der Waals surface area contributed by atoms with E-state index in [9.17, 15) is 8.42 Å². The fourth-order valence-electron chi connectivity index (χ4n) is 1.77. The Kier molecular flexibility index (Phi) is 5.34. The van der Waals surface area contributed by atoms with Crippen LogP contribution in [-0.2, 0) is 22.0 Å². The summed E-state index contributed by atoms with van der Waals surface area (Å²) in [6.07, 6.45) is 3.06. The highest BCUT2D eigenvalue weighted by Crippen LogP contribution is 2.26. The van der Waals surface area contributed by atoms with E-state index in [0.717, 1.165) is 9.88 Å². The summed E-state index contributed by atoms with van der Waals surface area (Å²) in [5, 5.41) is 4.39. The van der Waals surface area contributed by atoms with Crippen molar-refractivity contribution in [2.45, 2.75) is 52.1 Å². The average Bonchev–Trinajstić information content (AvgIpc) is 2.60. The molecule has 116 valence electrons. The fraction of sp³-hybridized carbons (Fsp3) is 0.769. The van der Waals surface area contributed by atoms with Gasteiger partial charge in [0.1, 0.15) is 0 Å². The van der Waals surface area contributed by atoms with Crippen LogP contribution in [0.2, 0.25) is 0 Å². The Balaban J connectivity index is 2.51. The number of thiazole rings is 1. The van der Waals surface area contributed by atoms with Gasteiger partial charge < -0.3 is 5.32 Å². The van der Waals surface area contributed by atoms with Crippen LogP contribution in [0.5, 0.6) is 0 Å². The van der Waals surface area contributed by atoms with E-state index in [0.29, 0.717) is 13.1 Å². The molecule has 1 heterocycles. The van der Waals surface area contributed by atoms with Crippen LogP contribution in [0.15, 0.2) is 6.20 Å². The van der Waals surface area contributed by atoms with Gasteiger partial charge in [0.25, 0.3) is 0 Å². The highest BCUT2D eigenvalue weighted by molar-refractivity contribution is 7.88. The normalized spacial score (nSPS) is 13.7. The minimum absolute atomic E-state index is 0.0695. The zero-order valence-electron chi connectivity index (χ0n) is 13.1. The number of hydrogen-bond acceptors (Lipinski definition) is 5. The lowest BCUT2D eigenvalue weighted by Gasteiger charge is -2.25. The number of aromatic nitrogens is 1. The number of nitrogens with one attached hydrogen (secondary N) is 2. The van der Waals surface area contributed by atoms with Crippen molar-refractivity contribution in [3.05, 3.63) is 16.1 Å². The maximum atomic E-state index is 11.2. The molecule has 0 radical (unpaired) electrons. The van der Waals surface area contributed by atoms with Crippen molar-refractivity contribution in [1.82, 2.24) is 15.0 Å². The molecule has 2 N–H and O–H groups in total. The molecule has 0 unspecified atom stereocenters. The van der Waals surface area contributed by atoms with Gasteiger partial charge in [0.05, 0.1) is 11.3 Å². The lowest BCUT2D eigenvalue weighted by Crippen LogP contribution is -2.49. The molecule has 0 aliphatic rings. The van der Waals surface area contributed by atoms with E-state index in [2.05, 4.69) is 35.8 Å². The van der Waals surface area contributed by atoms with Gasteiger partial charge in [0.2, 0.25) is 10.0 Å². The van der Waals surface area contributed by atoms with E-state index in [-0.39, 0.29) is 5.41 Å². The van der Waals surface area contributed by atoms with Crippen LogP contribution in [-0.4, -0.2) is 31.7 Å². The van der Waals surface area contributed by atoms with Crippen molar-refractivity contribution in [1.29, 1.82) is 0 Å². The smallest absolute Gasteiger partial charge is 0.209 e. The Bertz CT molecular complexity index is 542. The van der Waals surface area contributed by atoms with Gasteiger partial charge in [0.15, 0.2) is 0 Å². The third-order valence-corrected chi connectivity index (χ3v) is 4.87. The van der Waals surface area contributed by atoms with E-state index in [1.807, 2.05) is 20.0 Å². The van der Waals surface area contributed by atoms with Crippen LogP contribution >= 0.6 is 11.3 Å². The van der Waals surface area contributed by atoms with E-state index in [4.69, 9.17) is 0 Å². The quantitative estimate of drug-likeness (QED) is 0.839. The van der Waals surface area contributed by atoms with E-state index < -0.39 is 15.6 Å². The van der Waals surface area contributed by atoms with Gasteiger partial charge in [0, 0.05) is 35.1 Å². The predicted molar refractivity (Wildman–Crippen MR) is 84.6 cm³/mol. The number of nitrogens with zero attached hydrogens (tertiary/aromatic N) is 1. The monoisotopic (exact) mass is 319 g/mol. The highest BCUT2D eigenvalue weighted by atomic mass is 32.2. The first-order valence-corrected chi connectivity index (χ1v) is 9.25. The van der Waals surface area contributed by atoms with Crippen LogP contribution in [0.1, 0.15) is 44.5 Å². The van der Waals surface area contributed by atoms with Crippen molar-refractivity contribution < 1.29 is 8.42 Å². The summed E-state index contributed by atoms with van der Waals surface area (Å²) in [7, 11) is -3.19. The van der Waals surface area contributed by atoms with Gasteiger partial charge in [-0.3, -0.25) is 0 Å². The summed E-state index contributed by atoms with van der Waals surface area (Å²) in [6.45, 7) is 11.4. The minimum Gasteiger partial charge on any atom is -0.310 e. The Morgan fingerprint density at radius 1 is 1.25 bits per heavy atom. The second kappa shape index (κ2) is 6.09. The second-order valence-electron chi connectivity index (χ2n) is 6.74. The van der Waals surface area contributed by atoms with Crippen LogP contribution in [0.25, 0.3) is 0 Å². The van der Waals surface area contributed by atoms with Crippen LogP contribution in [0, 0.1) is 0 Å². The molecule has 0 spiro atoms. The molecule has 0 fully saturated rings. The first-order valence-electron chi connectivity index (χ1n) is 6.54. The molecular weight excluding hydrogens is 294 g/mol. The first kappa shape index (κ1) is 17.6. The van der Waals surface area contributed by atoms with Gasteiger partial charge in [-0.1, -0.05) is 20.8 Å². The topological polar surface area (TPSA) is 71.1 Å². The van der Waals surface area contributed by atoms with E-state index in [1.165, 1.54) is 6.26 Å². The summed E-state index contributed by atoms with van der Waals surface area (Å²) in [6, 6.07) is 0. The lowest BCUT2D eigenvalue weighted by molar-refractivity contribution is 0.421. The molecule has 20 heavy (non-hydrogen) atoms. The average molecular weight is 319 g/mol. The maximum Gasteiger partial charge on any atom is 0.209 e. The molecule has 0 aliphatic heterocycles. The number of hydrogen-bond donors (Lipinski definition) is 2. The van der Waals surface area contributed by atoms with E-state index >= 15 is 0 Å². The summed E-state index contributed by atoms with van der Waals surface area (Å²) < 4.78 is 25.1. The molecule has 0 aliphatic carbocycles. The van der Waals surface area contributed by atoms with Gasteiger partial charge in [-0.05, 0) is 13.8 Å². The van der Waals surface area contributed by atoms with Gasteiger partial charge in [-0.25, -0.2) is 18.1 Å². The van der Waals surface area contributed by atoms with Gasteiger partial charge in [-0.2, -0.15) is 0 Å². The van der Waals surface area contributed by atoms with Crippen LogP contribution in [0.4, 0.5) is 0 Å². The molecule has 0 aromatic carbocycles. The van der Waals surface area contributed by atoms with Crippen LogP contribution < -0.4 is 10.0 Å². The molecule has 1 aromatic rings. The second-order valence-corrected chi connectivity index (χ2v) is 9.61. The number of rotatable bonds is 6.